The Balaban J connectivity index is 1.52. The summed E-state index contributed by atoms with van der Waals surface area (Å²) in [5, 5.41) is 0. The second-order valence-electron chi connectivity index (χ2n) is 8.66. The van der Waals surface area contributed by atoms with E-state index in [1.54, 1.807) is 12.4 Å². The van der Waals surface area contributed by atoms with Crippen molar-refractivity contribution in [3.05, 3.63) is 138 Å². The van der Waals surface area contributed by atoms with Gasteiger partial charge in [-0.05, 0) is 40.8 Å². The molecule has 2 heterocycles. The van der Waals surface area contributed by atoms with E-state index in [2.05, 4.69) is 41.4 Å². The van der Waals surface area contributed by atoms with Crippen LogP contribution in [-0.4, -0.2) is 28.4 Å². The summed E-state index contributed by atoms with van der Waals surface area (Å²) in [5.74, 6) is 0.176. The average molecular weight is 449 g/mol. The molecule has 1 saturated heterocycles. The van der Waals surface area contributed by atoms with Crippen LogP contribution < -0.4 is 0 Å². The van der Waals surface area contributed by atoms with Gasteiger partial charge in [-0.2, -0.15) is 0 Å². The predicted octanol–water partition coefficient (Wildman–Crippen LogP) is 5.58. The Labute approximate surface area is 200 Å². The number of aromatic nitrogens is 1. The molecule has 0 aliphatic carbocycles. The summed E-state index contributed by atoms with van der Waals surface area (Å²) >= 11 is 0. The molecule has 1 atom stereocenters. The van der Waals surface area contributed by atoms with Crippen LogP contribution in [0.25, 0.3) is 0 Å². The second kappa shape index (κ2) is 10.0. The highest BCUT2D eigenvalue weighted by atomic mass is 16.5. The number of hydrogen-bond acceptors (Lipinski definition) is 3. The van der Waals surface area contributed by atoms with E-state index in [0.29, 0.717) is 19.6 Å². The number of pyridine rings is 1. The fraction of sp³-hybridized carbons (Fsp3) is 0.200. The maximum absolute atomic E-state index is 12.8. The fourth-order valence-electron chi connectivity index (χ4n) is 4.86. The number of likely N-dealkylation sites (tertiary alicyclic amines) is 1. The minimum Gasteiger partial charge on any atom is -0.359 e. The van der Waals surface area contributed by atoms with Gasteiger partial charge in [0.05, 0.1) is 12.6 Å². The van der Waals surface area contributed by atoms with Crippen molar-refractivity contribution in [2.24, 2.45) is 0 Å². The van der Waals surface area contributed by atoms with Crippen LogP contribution >= 0.6 is 0 Å². The first-order valence-electron chi connectivity index (χ1n) is 11.8. The Morgan fingerprint density at radius 3 is 1.76 bits per heavy atom. The van der Waals surface area contributed by atoms with Crippen LogP contribution in [0.4, 0.5) is 0 Å². The third-order valence-electron chi connectivity index (χ3n) is 6.59. The molecular formula is C30H28N2O2. The maximum atomic E-state index is 12.8. The first-order valence-corrected chi connectivity index (χ1v) is 11.8. The molecule has 0 N–H and O–H groups in total. The van der Waals surface area contributed by atoms with Crippen molar-refractivity contribution in [3.8, 4) is 0 Å². The lowest BCUT2D eigenvalue weighted by molar-refractivity contribution is -0.131. The lowest BCUT2D eigenvalue weighted by Gasteiger charge is -2.38. The molecule has 1 aromatic heterocycles. The topological polar surface area (TPSA) is 42.4 Å². The normalized spacial score (nSPS) is 16.1. The van der Waals surface area contributed by atoms with Gasteiger partial charge in [-0.1, -0.05) is 91.0 Å². The third-order valence-corrected chi connectivity index (χ3v) is 6.59. The lowest BCUT2D eigenvalue weighted by atomic mass is 9.80. The molecule has 4 aromatic rings. The van der Waals surface area contributed by atoms with E-state index in [1.165, 1.54) is 0 Å². The van der Waals surface area contributed by atoms with Gasteiger partial charge in [0, 0.05) is 25.4 Å². The van der Waals surface area contributed by atoms with Gasteiger partial charge in [0.1, 0.15) is 5.60 Å². The number of ether oxygens (including phenoxy) is 1. The van der Waals surface area contributed by atoms with Crippen LogP contribution in [0, 0.1) is 0 Å². The van der Waals surface area contributed by atoms with Gasteiger partial charge < -0.3 is 9.64 Å². The molecule has 1 aliphatic rings. The highest BCUT2D eigenvalue weighted by molar-refractivity contribution is 5.78. The number of amides is 1. The van der Waals surface area contributed by atoms with Crippen LogP contribution in [-0.2, 0) is 21.7 Å². The van der Waals surface area contributed by atoms with Crippen LogP contribution in [0.5, 0.6) is 0 Å². The molecule has 34 heavy (non-hydrogen) atoms. The summed E-state index contributed by atoms with van der Waals surface area (Å²) in [5.41, 5.74) is 3.50. The Morgan fingerprint density at radius 1 is 0.765 bits per heavy atom. The maximum Gasteiger partial charge on any atom is 0.223 e. The number of carbonyl (C=O) groups excluding carboxylic acids is 1. The molecule has 1 amide bonds. The van der Waals surface area contributed by atoms with Crippen molar-refractivity contribution >= 4 is 5.91 Å². The van der Waals surface area contributed by atoms with Crippen LogP contribution in [0.3, 0.4) is 0 Å². The standard InChI is InChI=1S/C30H28N2O2/c33-29-17-16-28(32(29)22-24-18-20-31-21-19-24)23-34-30(25-10-4-1-5-11-25,26-12-6-2-7-13-26)27-14-8-3-9-15-27/h1-15,18-21,28H,16-17,22-23H2. The second-order valence-corrected chi connectivity index (χ2v) is 8.66. The minimum absolute atomic E-state index is 0.0103. The Kier molecular flexibility index (Phi) is 6.50. The van der Waals surface area contributed by atoms with E-state index in [4.69, 9.17) is 4.74 Å². The van der Waals surface area contributed by atoms with Gasteiger partial charge in [0.15, 0.2) is 0 Å². The average Bonchev–Trinajstić information content (AvgIpc) is 3.26. The first-order chi connectivity index (χ1) is 16.8. The summed E-state index contributed by atoms with van der Waals surface area (Å²) in [4.78, 5) is 18.8. The molecule has 5 rings (SSSR count). The third kappa shape index (κ3) is 4.37. The molecule has 0 radical (unpaired) electrons. The zero-order valence-electron chi connectivity index (χ0n) is 19.1. The van der Waals surface area contributed by atoms with E-state index in [9.17, 15) is 4.79 Å². The van der Waals surface area contributed by atoms with Gasteiger partial charge in [0.2, 0.25) is 5.91 Å². The van der Waals surface area contributed by atoms with Gasteiger partial charge >= 0.3 is 0 Å². The van der Waals surface area contributed by atoms with Gasteiger partial charge in [-0.3, -0.25) is 9.78 Å². The molecular weight excluding hydrogens is 420 g/mol. The van der Waals surface area contributed by atoms with Gasteiger partial charge in [-0.15, -0.1) is 0 Å². The molecule has 4 heteroatoms. The van der Waals surface area contributed by atoms with Crippen molar-refractivity contribution in [2.75, 3.05) is 6.61 Å². The van der Waals surface area contributed by atoms with E-state index in [0.717, 1.165) is 28.7 Å². The zero-order valence-corrected chi connectivity index (χ0v) is 19.1. The number of carbonyl (C=O) groups is 1. The van der Waals surface area contributed by atoms with Gasteiger partial charge in [0.25, 0.3) is 0 Å². The van der Waals surface area contributed by atoms with Crippen LogP contribution in [0.15, 0.2) is 116 Å². The highest BCUT2D eigenvalue weighted by Gasteiger charge is 2.40. The summed E-state index contributed by atoms with van der Waals surface area (Å²) in [7, 11) is 0. The van der Waals surface area contributed by atoms with Crippen molar-refractivity contribution < 1.29 is 9.53 Å². The van der Waals surface area contributed by atoms with Gasteiger partial charge in [-0.25, -0.2) is 0 Å². The molecule has 170 valence electrons. The van der Waals surface area contributed by atoms with E-state index in [1.807, 2.05) is 71.6 Å². The summed E-state index contributed by atoms with van der Waals surface area (Å²) in [6, 6.07) is 35.0. The Hall–Kier alpha value is -3.76. The quantitative estimate of drug-likeness (QED) is 0.331. The van der Waals surface area contributed by atoms with E-state index < -0.39 is 5.60 Å². The van der Waals surface area contributed by atoms with E-state index >= 15 is 0 Å². The smallest absolute Gasteiger partial charge is 0.223 e. The molecule has 0 spiro atoms. The molecule has 1 aliphatic heterocycles. The zero-order chi connectivity index (χ0) is 23.2. The van der Waals surface area contributed by atoms with Crippen LogP contribution in [0.2, 0.25) is 0 Å². The number of benzene rings is 3. The molecule has 0 saturated carbocycles. The van der Waals surface area contributed by atoms with Crippen LogP contribution in [0.1, 0.15) is 35.1 Å². The summed E-state index contributed by atoms with van der Waals surface area (Å²) in [6.45, 7) is 1.01. The summed E-state index contributed by atoms with van der Waals surface area (Å²) < 4.78 is 6.98. The van der Waals surface area contributed by atoms with E-state index in [-0.39, 0.29) is 11.9 Å². The monoisotopic (exact) mass is 448 g/mol. The molecule has 1 unspecified atom stereocenters. The number of nitrogens with zero attached hydrogens (tertiary/aromatic N) is 2. The van der Waals surface area contributed by atoms with Crippen molar-refractivity contribution in [1.82, 2.24) is 9.88 Å². The summed E-state index contributed by atoms with van der Waals surface area (Å²) in [6.07, 6.45) is 4.88. The fourth-order valence-corrected chi connectivity index (χ4v) is 4.86. The Morgan fingerprint density at radius 2 is 1.26 bits per heavy atom. The highest BCUT2D eigenvalue weighted by Crippen LogP contribution is 2.41. The number of rotatable bonds is 8. The molecule has 0 bridgehead atoms. The van der Waals surface area contributed by atoms with Crippen molar-refractivity contribution in [3.63, 3.8) is 0 Å². The molecule has 1 fully saturated rings. The SMILES string of the molecule is O=C1CCC(COC(c2ccccc2)(c2ccccc2)c2ccccc2)N1Cc1ccncc1. The minimum atomic E-state index is -0.780. The Bertz CT molecular complexity index is 1100. The molecule has 3 aromatic carbocycles. The van der Waals surface area contributed by atoms with Crippen molar-refractivity contribution in [1.29, 1.82) is 0 Å². The predicted molar refractivity (Wildman–Crippen MR) is 133 cm³/mol. The lowest BCUT2D eigenvalue weighted by Crippen LogP contribution is -2.40. The largest absolute Gasteiger partial charge is 0.359 e. The number of hydrogen-bond donors (Lipinski definition) is 0. The molecule has 4 nitrogen and oxygen atoms in total. The van der Waals surface area contributed by atoms with Crippen molar-refractivity contribution in [2.45, 2.75) is 31.0 Å². The first kappa shape index (κ1) is 22.1.